The van der Waals surface area contributed by atoms with Crippen LogP contribution in [-0.2, 0) is 9.47 Å². The number of anilines is 1. The van der Waals surface area contributed by atoms with Crippen LogP contribution in [0.4, 0.5) is 5.95 Å². The summed E-state index contributed by atoms with van der Waals surface area (Å²) in [5.74, 6) is 1.48. The summed E-state index contributed by atoms with van der Waals surface area (Å²) in [7, 11) is 3.45. The van der Waals surface area contributed by atoms with Gasteiger partial charge in [-0.15, -0.1) is 0 Å². The second-order valence-electron chi connectivity index (χ2n) is 10.2. The number of rotatable bonds is 6. The highest BCUT2D eigenvalue weighted by atomic mass is 16.5. The Labute approximate surface area is 232 Å². The highest BCUT2D eigenvalue weighted by molar-refractivity contribution is 5.94. The highest BCUT2D eigenvalue weighted by Gasteiger charge is 2.22. The van der Waals surface area contributed by atoms with Crippen molar-refractivity contribution in [2.24, 2.45) is 0 Å². The molecule has 2 aromatic heterocycles. The fourth-order valence-corrected chi connectivity index (χ4v) is 4.96. The van der Waals surface area contributed by atoms with Crippen molar-refractivity contribution in [1.29, 1.82) is 0 Å². The van der Waals surface area contributed by atoms with Crippen molar-refractivity contribution in [1.82, 2.24) is 29.6 Å². The zero-order valence-corrected chi connectivity index (χ0v) is 22.8. The lowest BCUT2D eigenvalue weighted by atomic mass is 10.1. The number of hydrogen-bond acceptors (Lipinski definition) is 9. The number of nitrogens with zero attached hydrogens (tertiary/aromatic N) is 7. The maximum atomic E-state index is 12.3. The molecule has 0 radical (unpaired) electrons. The molecular formula is C29H33N7O4. The van der Waals surface area contributed by atoms with E-state index in [0.717, 1.165) is 55.3 Å². The van der Waals surface area contributed by atoms with E-state index in [1.807, 2.05) is 29.1 Å². The summed E-state index contributed by atoms with van der Waals surface area (Å²) in [5.41, 5.74) is 2.26. The lowest BCUT2D eigenvalue weighted by Crippen LogP contribution is -2.28. The van der Waals surface area contributed by atoms with E-state index in [9.17, 15) is 4.79 Å². The van der Waals surface area contributed by atoms with Crippen LogP contribution in [0.1, 0.15) is 42.3 Å². The zero-order valence-electron chi connectivity index (χ0n) is 22.8. The van der Waals surface area contributed by atoms with Crippen LogP contribution in [0.2, 0.25) is 0 Å². The molecule has 4 aromatic rings. The van der Waals surface area contributed by atoms with E-state index in [0.29, 0.717) is 42.8 Å². The topological polar surface area (TPSA) is 108 Å². The Morgan fingerprint density at radius 2 is 1.85 bits per heavy atom. The van der Waals surface area contributed by atoms with Crippen LogP contribution in [0.15, 0.2) is 48.7 Å². The molecule has 11 nitrogen and oxygen atoms in total. The van der Waals surface area contributed by atoms with E-state index < -0.39 is 0 Å². The fourth-order valence-electron chi connectivity index (χ4n) is 4.96. The number of hydrogen-bond donors (Lipinski definition) is 0. The molecule has 0 spiro atoms. The summed E-state index contributed by atoms with van der Waals surface area (Å²) in [6, 6.07) is 13.1. The lowest BCUT2D eigenvalue weighted by molar-refractivity contribution is -0.0390. The number of fused-ring (bicyclic) bond motifs is 1. The first-order valence-electron chi connectivity index (χ1n) is 13.7. The quantitative estimate of drug-likeness (QED) is 0.352. The van der Waals surface area contributed by atoms with Gasteiger partial charge in [0, 0.05) is 63.1 Å². The molecule has 0 aliphatic carbocycles. The first-order valence-corrected chi connectivity index (χ1v) is 13.7. The third-order valence-corrected chi connectivity index (χ3v) is 7.08. The van der Waals surface area contributed by atoms with Gasteiger partial charge in [-0.1, -0.05) is 12.1 Å². The summed E-state index contributed by atoms with van der Waals surface area (Å²) in [6.07, 6.45) is 5.96. The summed E-state index contributed by atoms with van der Waals surface area (Å²) >= 11 is 0. The zero-order chi connectivity index (χ0) is 27.5. The molecule has 1 atom stereocenters. The molecule has 40 heavy (non-hydrogen) atoms. The average molecular weight is 544 g/mol. The minimum Gasteiger partial charge on any atom is -0.424 e. The summed E-state index contributed by atoms with van der Waals surface area (Å²) in [5, 5.41) is 5.74. The Morgan fingerprint density at radius 3 is 2.65 bits per heavy atom. The van der Waals surface area contributed by atoms with Crippen LogP contribution in [0.5, 0.6) is 11.8 Å². The third-order valence-electron chi connectivity index (χ3n) is 7.08. The predicted octanol–water partition coefficient (Wildman–Crippen LogP) is 4.31. The molecule has 2 aliphatic heterocycles. The van der Waals surface area contributed by atoms with E-state index in [2.05, 4.69) is 9.88 Å². The van der Waals surface area contributed by atoms with Crippen molar-refractivity contribution in [3.63, 3.8) is 0 Å². The number of carbonyl (C=O) groups excluding carboxylic acids is 1. The van der Waals surface area contributed by atoms with E-state index in [1.54, 1.807) is 38.4 Å². The maximum absolute atomic E-state index is 12.3. The van der Waals surface area contributed by atoms with Crippen molar-refractivity contribution >= 4 is 22.8 Å². The predicted molar refractivity (Wildman–Crippen MR) is 150 cm³/mol. The van der Waals surface area contributed by atoms with Gasteiger partial charge in [-0.25, -0.2) is 4.68 Å². The van der Waals surface area contributed by atoms with Gasteiger partial charge in [0.05, 0.1) is 12.1 Å². The van der Waals surface area contributed by atoms with E-state index >= 15 is 0 Å². The minimum absolute atomic E-state index is 0.0683. The van der Waals surface area contributed by atoms with Crippen LogP contribution in [0.25, 0.3) is 22.3 Å². The number of aromatic nitrogens is 5. The Kier molecular flexibility index (Phi) is 7.56. The average Bonchev–Trinajstić information content (AvgIpc) is 3.24. The van der Waals surface area contributed by atoms with Gasteiger partial charge in [0.15, 0.2) is 5.82 Å². The van der Waals surface area contributed by atoms with Crippen molar-refractivity contribution in [2.75, 3.05) is 51.9 Å². The van der Waals surface area contributed by atoms with E-state index in [1.165, 1.54) is 4.90 Å². The first-order chi connectivity index (χ1) is 19.5. The fraction of sp³-hybridized carbons (Fsp3) is 0.414. The minimum atomic E-state index is -0.0769. The van der Waals surface area contributed by atoms with E-state index in [-0.39, 0.29) is 18.1 Å². The number of benzene rings is 2. The second-order valence-corrected chi connectivity index (χ2v) is 10.2. The molecule has 2 aliphatic rings. The number of ether oxygens (including phenoxy) is 3. The Balaban J connectivity index is 1.37. The van der Waals surface area contributed by atoms with Crippen molar-refractivity contribution in [3.05, 3.63) is 54.2 Å². The smallest absolute Gasteiger partial charge is 0.327 e. The molecule has 2 saturated heterocycles. The van der Waals surface area contributed by atoms with Crippen LogP contribution >= 0.6 is 0 Å². The van der Waals surface area contributed by atoms with Gasteiger partial charge < -0.3 is 24.0 Å². The molecule has 1 amide bonds. The lowest BCUT2D eigenvalue weighted by Gasteiger charge is -2.22. The third kappa shape index (κ3) is 5.61. The van der Waals surface area contributed by atoms with Crippen LogP contribution in [-0.4, -0.2) is 82.5 Å². The molecule has 2 aromatic carbocycles. The monoisotopic (exact) mass is 543 g/mol. The summed E-state index contributed by atoms with van der Waals surface area (Å²) in [4.78, 5) is 30.2. The van der Waals surface area contributed by atoms with Crippen molar-refractivity contribution in [2.45, 2.75) is 31.9 Å². The Hall–Kier alpha value is -4.09. The van der Waals surface area contributed by atoms with Crippen LogP contribution < -0.4 is 9.64 Å². The van der Waals surface area contributed by atoms with Gasteiger partial charge in [-0.2, -0.15) is 20.1 Å². The number of amides is 1. The molecule has 0 saturated carbocycles. The molecule has 11 heteroatoms. The van der Waals surface area contributed by atoms with Gasteiger partial charge in [-0.3, -0.25) is 4.79 Å². The first kappa shape index (κ1) is 26.1. The molecule has 208 valence electrons. The Morgan fingerprint density at radius 1 is 0.975 bits per heavy atom. The SMILES string of the molecule is CN(C)C(=O)c1ccc(Oc2nc(-c3cccc4nn(C5CCCCO5)cc34)nc(N3CCCOCC3)n2)cc1. The van der Waals surface area contributed by atoms with Gasteiger partial charge in [-0.05, 0) is 56.0 Å². The van der Waals surface area contributed by atoms with Crippen LogP contribution in [0, 0.1) is 0 Å². The van der Waals surface area contributed by atoms with Gasteiger partial charge in [0.2, 0.25) is 5.95 Å². The molecule has 1 unspecified atom stereocenters. The molecule has 0 N–H and O–H groups in total. The standard InChI is InChI=1S/C29H33N7O4/c1-34(2)27(37)20-10-12-21(13-11-20)40-29-31-26(30-28(32-29)35-14-6-16-38-18-15-35)22-7-5-8-24-23(22)19-36(33-24)25-9-3-4-17-39-25/h5,7-8,10-13,19,25H,3-4,6,9,14-18H2,1-2H3. The van der Waals surface area contributed by atoms with E-state index in [4.69, 9.17) is 29.3 Å². The van der Waals surface area contributed by atoms with Gasteiger partial charge in [0.1, 0.15) is 12.0 Å². The molecule has 0 bridgehead atoms. The summed E-state index contributed by atoms with van der Waals surface area (Å²) < 4.78 is 19.7. The van der Waals surface area contributed by atoms with Crippen molar-refractivity contribution in [3.8, 4) is 23.1 Å². The summed E-state index contributed by atoms with van der Waals surface area (Å²) in [6.45, 7) is 3.49. The van der Waals surface area contributed by atoms with Gasteiger partial charge in [0.25, 0.3) is 5.91 Å². The molecular weight excluding hydrogens is 510 g/mol. The Bertz CT molecular complexity index is 1470. The molecule has 6 rings (SSSR count). The maximum Gasteiger partial charge on any atom is 0.327 e. The van der Waals surface area contributed by atoms with Crippen molar-refractivity contribution < 1.29 is 19.0 Å². The molecule has 2 fully saturated rings. The molecule has 4 heterocycles. The number of carbonyl (C=O) groups is 1. The second kappa shape index (κ2) is 11.6. The van der Waals surface area contributed by atoms with Gasteiger partial charge >= 0.3 is 6.01 Å². The van der Waals surface area contributed by atoms with Crippen LogP contribution in [0.3, 0.4) is 0 Å². The normalized spacial score (nSPS) is 17.9. The highest BCUT2D eigenvalue weighted by Crippen LogP contribution is 2.31. The largest absolute Gasteiger partial charge is 0.424 e.